The minimum atomic E-state index is -0.111. The van der Waals surface area contributed by atoms with Gasteiger partial charge in [-0.25, -0.2) is 0 Å². The molecular formula is C30H22. The Bertz CT molecular complexity index is 1470. The third-order valence-corrected chi connectivity index (χ3v) is 4.73. The summed E-state index contributed by atoms with van der Waals surface area (Å²) >= 11 is 0. The van der Waals surface area contributed by atoms with Crippen LogP contribution in [0.15, 0.2) is 133 Å². The summed E-state index contributed by atoms with van der Waals surface area (Å²) in [6, 6.07) is 17.2. The van der Waals surface area contributed by atoms with Crippen LogP contribution in [0.5, 0.6) is 0 Å². The van der Waals surface area contributed by atoms with Crippen molar-refractivity contribution in [3.8, 4) is 44.5 Å². The lowest BCUT2D eigenvalue weighted by molar-refractivity contribution is 1.54. The quantitative estimate of drug-likeness (QED) is 0.288. The summed E-state index contributed by atoms with van der Waals surface area (Å²) in [7, 11) is 0. The van der Waals surface area contributed by atoms with Gasteiger partial charge in [0.2, 0.25) is 0 Å². The molecule has 0 amide bonds. The molecule has 0 aromatic heterocycles. The summed E-state index contributed by atoms with van der Waals surface area (Å²) in [6.45, 7) is 0. The molecule has 0 aliphatic rings. The van der Waals surface area contributed by atoms with Crippen molar-refractivity contribution in [1.29, 1.82) is 0 Å². The summed E-state index contributed by atoms with van der Waals surface area (Å²) in [6.07, 6.45) is 0. The fourth-order valence-corrected chi connectivity index (χ4v) is 3.35. The Labute approximate surface area is 192 Å². The summed E-state index contributed by atoms with van der Waals surface area (Å²) in [5, 5.41) is 0. The molecule has 0 nitrogen and oxygen atoms in total. The predicted molar refractivity (Wildman–Crippen MR) is 128 cm³/mol. The topological polar surface area (TPSA) is 0 Å². The maximum Gasteiger partial charge on any atom is 0.0636 e. The van der Waals surface area contributed by atoms with Crippen LogP contribution < -0.4 is 0 Å². The van der Waals surface area contributed by atoms with Gasteiger partial charge in [-0.1, -0.05) is 121 Å². The lowest BCUT2D eigenvalue weighted by Crippen LogP contribution is -1.92. The molecule has 0 atom stereocenters. The van der Waals surface area contributed by atoms with Gasteiger partial charge in [0.25, 0.3) is 0 Å². The van der Waals surface area contributed by atoms with E-state index >= 15 is 0 Å². The highest BCUT2D eigenvalue weighted by molar-refractivity contribution is 5.95. The molecular weight excluding hydrogens is 360 g/mol. The molecule has 5 aromatic rings. The van der Waals surface area contributed by atoms with E-state index in [1.807, 2.05) is 0 Å². The van der Waals surface area contributed by atoms with Crippen LogP contribution in [0.25, 0.3) is 44.5 Å². The Morgan fingerprint density at radius 2 is 0.533 bits per heavy atom. The Morgan fingerprint density at radius 3 is 0.733 bits per heavy atom. The zero-order valence-electron chi connectivity index (χ0n) is 25.9. The zero-order valence-corrected chi connectivity index (χ0v) is 15.9. The van der Waals surface area contributed by atoms with Crippen molar-refractivity contribution in [2.75, 3.05) is 0 Å². The number of hydrogen-bond acceptors (Lipinski definition) is 0. The van der Waals surface area contributed by atoms with Gasteiger partial charge in [0, 0.05) is 0 Å². The van der Waals surface area contributed by atoms with Crippen molar-refractivity contribution in [2.45, 2.75) is 0 Å². The number of hydrogen-bond donors (Lipinski definition) is 0. The van der Waals surface area contributed by atoms with Crippen LogP contribution >= 0.6 is 0 Å². The Hall–Kier alpha value is -3.90. The molecule has 0 radical (unpaired) electrons. The van der Waals surface area contributed by atoms with Gasteiger partial charge >= 0.3 is 0 Å². The molecule has 0 saturated heterocycles. The summed E-state index contributed by atoms with van der Waals surface area (Å²) in [5.41, 5.74) is 2.10. The largest absolute Gasteiger partial charge is 0.0636 e. The average Bonchev–Trinajstić information content (AvgIpc) is 2.82. The third kappa shape index (κ3) is 3.56. The predicted octanol–water partition coefficient (Wildman–Crippen LogP) is 8.35. The van der Waals surface area contributed by atoms with Crippen molar-refractivity contribution >= 4 is 0 Å². The lowest BCUT2D eigenvalue weighted by atomic mass is 9.86. The highest BCUT2D eigenvalue weighted by atomic mass is 14.2. The fraction of sp³-hybridized carbons (Fsp3) is 0. The second-order valence-corrected chi connectivity index (χ2v) is 6.64. The van der Waals surface area contributed by atoms with E-state index in [1.54, 1.807) is 0 Å². The first-order valence-corrected chi connectivity index (χ1v) is 9.43. The van der Waals surface area contributed by atoms with Crippen molar-refractivity contribution < 1.29 is 13.7 Å². The van der Waals surface area contributed by atoms with E-state index in [0.717, 1.165) is 0 Å². The Balaban J connectivity index is 2.04. The average molecular weight is 393 g/mol. The smallest absolute Gasteiger partial charge is 0.0622 e. The molecule has 0 aliphatic heterocycles. The molecule has 5 aromatic carbocycles. The maximum absolute atomic E-state index is 9.48. The van der Waals surface area contributed by atoms with E-state index < -0.39 is 0 Å². The molecule has 0 saturated carbocycles. The maximum atomic E-state index is 9.48. The molecule has 0 aliphatic carbocycles. The molecule has 0 fully saturated rings. The molecule has 0 spiro atoms. The Morgan fingerprint density at radius 1 is 0.333 bits per heavy atom. The van der Waals surface area contributed by atoms with Crippen LogP contribution in [0, 0.1) is 0 Å². The molecule has 0 heteroatoms. The van der Waals surface area contributed by atoms with E-state index in [9.17, 15) is 2.74 Å². The monoisotopic (exact) mass is 392 g/mol. The molecule has 142 valence electrons. The first kappa shape index (κ1) is 10.2. The fourth-order valence-electron chi connectivity index (χ4n) is 3.35. The van der Waals surface area contributed by atoms with Gasteiger partial charge in [0.05, 0.1) is 13.7 Å². The first-order valence-electron chi connectivity index (χ1n) is 14.4. The molecule has 0 heterocycles. The minimum absolute atomic E-state index is 0.0304. The van der Waals surface area contributed by atoms with E-state index in [4.69, 9.17) is 11.0 Å². The van der Waals surface area contributed by atoms with E-state index in [2.05, 4.69) is 0 Å². The lowest BCUT2D eigenvalue weighted by Gasteiger charge is -2.18. The SMILES string of the molecule is [2H]c1cc([2H])cc(-c2c([2H])c(-c3cc([2H])cc([2H])c3)c(-c3cc([2H])cc([2H])c3)c([2H])c2-c2cc([2H])cc([2H])c2)c1. The Kier molecular flexibility index (Phi) is 2.80. The van der Waals surface area contributed by atoms with Crippen LogP contribution in [0.3, 0.4) is 0 Å². The second kappa shape index (κ2) is 8.23. The van der Waals surface area contributed by atoms with Gasteiger partial charge < -0.3 is 0 Å². The van der Waals surface area contributed by atoms with Gasteiger partial charge in [-0.05, 0) is 56.6 Å². The van der Waals surface area contributed by atoms with Gasteiger partial charge in [0.15, 0.2) is 0 Å². The van der Waals surface area contributed by atoms with Crippen molar-refractivity contribution in [3.05, 3.63) is 133 Å². The minimum Gasteiger partial charge on any atom is -0.0622 e. The normalized spacial score (nSPS) is 15.3. The van der Waals surface area contributed by atoms with Gasteiger partial charge in [-0.2, -0.15) is 0 Å². The molecule has 0 bridgehead atoms. The van der Waals surface area contributed by atoms with E-state index in [0.29, 0.717) is 22.3 Å². The summed E-state index contributed by atoms with van der Waals surface area (Å²) in [5.74, 6) is 0. The van der Waals surface area contributed by atoms with Crippen LogP contribution in [0.1, 0.15) is 13.7 Å². The van der Waals surface area contributed by atoms with E-state index in [-0.39, 0.29) is 82.7 Å². The van der Waals surface area contributed by atoms with Gasteiger partial charge in [-0.15, -0.1) is 0 Å². The standard InChI is InChI=1S/C30H22/c1-5-13-23(14-6-1)27-21-29(25-17-9-3-10-18-25)30(26-19-11-4-12-20-26)22-28(27)24-15-7-2-8-16-24/h1-22H/i5D,6D,7D,8D,9D,10D,11D,12D,21D,22D. The molecule has 5 rings (SSSR count). The first-order chi connectivity index (χ1) is 18.9. The molecule has 30 heavy (non-hydrogen) atoms. The summed E-state index contributed by atoms with van der Waals surface area (Å²) in [4.78, 5) is 0. The van der Waals surface area contributed by atoms with Crippen LogP contribution in [0.4, 0.5) is 0 Å². The number of benzene rings is 5. The van der Waals surface area contributed by atoms with Crippen molar-refractivity contribution in [2.24, 2.45) is 0 Å². The highest BCUT2D eigenvalue weighted by Crippen LogP contribution is 2.41. The van der Waals surface area contributed by atoms with Crippen LogP contribution in [-0.4, -0.2) is 0 Å². The second-order valence-electron chi connectivity index (χ2n) is 6.64. The highest BCUT2D eigenvalue weighted by Gasteiger charge is 2.15. The molecule has 0 unspecified atom stereocenters. The molecule has 0 N–H and O–H groups in total. The van der Waals surface area contributed by atoms with Gasteiger partial charge in [0.1, 0.15) is 0 Å². The zero-order chi connectivity index (χ0) is 28.9. The van der Waals surface area contributed by atoms with Crippen molar-refractivity contribution in [3.63, 3.8) is 0 Å². The summed E-state index contributed by atoms with van der Waals surface area (Å²) < 4.78 is 84.7. The van der Waals surface area contributed by atoms with Crippen LogP contribution in [-0.2, 0) is 0 Å². The third-order valence-electron chi connectivity index (χ3n) is 4.73. The number of rotatable bonds is 4. The van der Waals surface area contributed by atoms with E-state index in [1.165, 1.54) is 72.8 Å². The van der Waals surface area contributed by atoms with Crippen molar-refractivity contribution in [1.82, 2.24) is 0 Å². The van der Waals surface area contributed by atoms with Gasteiger partial charge in [-0.3, -0.25) is 0 Å². The van der Waals surface area contributed by atoms with Crippen LogP contribution in [0.2, 0.25) is 0 Å².